The minimum Gasteiger partial charge on any atom is -0.507 e. The van der Waals surface area contributed by atoms with Crippen LogP contribution in [-0.2, 0) is 32.9 Å². The van der Waals surface area contributed by atoms with Crippen LogP contribution >= 0.6 is 0 Å². The van der Waals surface area contributed by atoms with Crippen LogP contribution in [0.4, 0.5) is 28.4 Å². The van der Waals surface area contributed by atoms with Crippen LogP contribution in [0.3, 0.4) is 0 Å². The molecule has 0 saturated heterocycles. The van der Waals surface area contributed by atoms with E-state index >= 15 is 0 Å². The fraction of sp³-hybridized carbons (Fsp3) is 0.243. The number of nitro groups is 2. The van der Waals surface area contributed by atoms with Gasteiger partial charge in [0, 0.05) is 112 Å². The Labute approximate surface area is 818 Å². The number of carbonyl (C=O) groups excluding carboxylic acids is 6. The quantitative estimate of drug-likeness (QED) is 0.0135. The molecule has 16 rings (SSSR count). The van der Waals surface area contributed by atoms with Crippen LogP contribution in [0.2, 0.25) is 0 Å². The number of benzene rings is 13. The van der Waals surface area contributed by atoms with E-state index in [-0.39, 0.29) is 161 Å². The summed E-state index contributed by atoms with van der Waals surface area (Å²) in [5.41, 5.74) is 11.3. The lowest BCUT2D eigenvalue weighted by Gasteiger charge is -2.25. The molecule has 0 spiro atoms. The summed E-state index contributed by atoms with van der Waals surface area (Å²) in [6.45, 7) is 34.0. The van der Waals surface area contributed by atoms with Crippen molar-refractivity contribution in [3.63, 3.8) is 0 Å². The monoisotopic (exact) mass is 1940 g/mol. The molecule has 0 aromatic heterocycles. The van der Waals surface area contributed by atoms with Crippen LogP contribution < -0.4 is 40.0 Å². The third-order valence-corrected chi connectivity index (χ3v) is 22.9. The maximum atomic E-state index is 13.3. The Kier molecular flexibility index (Phi) is 39.4. The van der Waals surface area contributed by atoms with E-state index in [4.69, 9.17) is 19.9 Å². The Morgan fingerprint density at radius 1 is 0.314 bits per heavy atom. The van der Waals surface area contributed by atoms with Gasteiger partial charge in [-0.2, -0.15) is 0 Å². The summed E-state index contributed by atoms with van der Waals surface area (Å²) in [5, 5.41) is 60.6. The number of nitrogens with two attached hydrogens (primary N) is 1. The molecule has 29 heteroatoms. The lowest BCUT2D eigenvalue weighted by Crippen LogP contribution is -2.30. The number of anilines is 3. The molecule has 0 fully saturated rings. The first-order valence-electron chi connectivity index (χ1n) is 45.2. The number of ketones is 6. The van der Waals surface area contributed by atoms with Crippen molar-refractivity contribution in [2.45, 2.75) is 172 Å². The molecule has 0 amide bonds. The molecule has 13 aromatic carbocycles. The summed E-state index contributed by atoms with van der Waals surface area (Å²) in [6, 6.07) is 76.8. The van der Waals surface area contributed by atoms with Gasteiger partial charge in [0.25, 0.3) is 11.4 Å². The number of phenolic OH excluding ortho intramolecular Hbond substituents is 3. The van der Waals surface area contributed by atoms with Crippen molar-refractivity contribution in [3.05, 3.63) is 388 Å². The Bertz CT molecular complexity index is 6500. The van der Waals surface area contributed by atoms with Crippen LogP contribution in [0.25, 0.3) is 0 Å². The standard InChI is InChI=1S/2C23H19NO4.C20H13NO4.2C16H18N2O4S.3C4H10.CH4/c2*1-13(2)24-21-18(28-14-8-4-3-5-9-14)12-17(25)19-20(21)23(27)16-11-7-6-10-15(16)22(19)26;21-18-15(25-11-6-2-1-3-7-11)10-14(22)16-17(18)20(24)13-9-5-4-8-12(13)19(16)23;2*1-12(2)17-23(21,22)15-9-8-14(16(11-15)18(19)20)10-13-6-4-3-5-7-13;3*1-4(2)3;/h2*3-13,24-25H,1-2H3;1-10,22H,21H2;2*3-9,11-12,17H,10H2,1-2H3;3*4H,1-3H3;1H4. The van der Waals surface area contributed by atoms with E-state index in [0.717, 1.165) is 41.0 Å². The average Bonchev–Trinajstić information content (AvgIpc) is 0.740. The molecule has 0 heterocycles. The van der Waals surface area contributed by atoms with Gasteiger partial charge in [0.1, 0.15) is 34.5 Å². The molecule has 0 saturated carbocycles. The molecule has 13 aromatic rings. The van der Waals surface area contributed by atoms with Gasteiger partial charge in [-0.3, -0.25) is 49.0 Å². The Hall–Kier alpha value is -15.3. The Morgan fingerprint density at radius 2 is 0.543 bits per heavy atom. The minimum atomic E-state index is -3.76. The summed E-state index contributed by atoms with van der Waals surface area (Å²) in [4.78, 5) is 99.3. The molecule has 3 aliphatic carbocycles. The van der Waals surface area contributed by atoms with Crippen molar-refractivity contribution in [2.75, 3.05) is 16.4 Å². The van der Waals surface area contributed by atoms with Crippen LogP contribution in [0.15, 0.2) is 289 Å². The van der Waals surface area contributed by atoms with Gasteiger partial charge in [0.2, 0.25) is 20.0 Å². The maximum Gasteiger partial charge on any atom is 0.274 e. The number of carbonyl (C=O) groups is 6. The fourth-order valence-corrected chi connectivity index (χ4v) is 16.7. The van der Waals surface area contributed by atoms with Crippen molar-refractivity contribution in [2.24, 2.45) is 17.8 Å². The summed E-state index contributed by atoms with van der Waals surface area (Å²) in [7, 11) is -7.52. The van der Waals surface area contributed by atoms with Gasteiger partial charge in [-0.1, -0.05) is 270 Å². The highest BCUT2D eigenvalue weighted by Crippen LogP contribution is 2.48. The van der Waals surface area contributed by atoms with Gasteiger partial charge in [0.15, 0.2) is 51.9 Å². The Balaban J connectivity index is 0.000000208. The predicted octanol–water partition coefficient (Wildman–Crippen LogP) is 24.5. The number of phenols is 3. The van der Waals surface area contributed by atoms with Gasteiger partial charge in [-0.05, 0) is 133 Å². The molecule has 732 valence electrons. The van der Waals surface area contributed by atoms with E-state index in [2.05, 4.69) is 82.4 Å². The average molecular weight is 1940 g/mol. The lowest BCUT2D eigenvalue weighted by molar-refractivity contribution is -0.385. The molecule has 0 bridgehead atoms. The Morgan fingerprint density at radius 3 is 0.800 bits per heavy atom. The fourth-order valence-electron chi connectivity index (χ4n) is 14.2. The van der Waals surface area contributed by atoms with Gasteiger partial charge in [0.05, 0.1) is 70.1 Å². The number of nitro benzene ring substituents is 2. The van der Waals surface area contributed by atoms with E-state index in [9.17, 15) is 81.2 Å². The summed E-state index contributed by atoms with van der Waals surface area (Å²) in [6.07, 6.45) is 0.740. The molecular weight excluding hydrogens is 1820 g/mol. The van der Waals surface area contributed by atoms with Crippen LogP contribution in [-0.4, -0.2) is 101 Å². The van der Waals surface area contributed by atoms with Crippen molar-refractivity contribution in [1.29, 1.82) is 0 Å². The second kappa shape index (κ2) is 50.2. The summed E-state index contributed by atoms with van der Waals surface area (Å²) < 4.78 is 71.0. The molecule has 0 atom stereocenters. The highest BCUT2D eigenvalue weighted by molar-refractivity contribution is 7.89. The van der Waals surface area contributed by atoms with E-state index in [1.807, 2.05) is 131 Å². The number of sulfonamides is 2. The second-order valence-electron chi connectivity index (χ2n) is 35.7. The zero-order valence-corrected chi connectivity index (χ0v) is 82.2. The third-order valence-electron chi connectivity index (χ3n) is 19.6. The number of para-hydroxylation sites is 3. The lowest BCUT2D eigenvalue weighted by atomic mass is 9.82. The number of fused-ring (bicyclic) bond motifs is 6. The first kappa shape index (κ1) is 110. The number of hydrogen-bond acceptors (Lipinski definition) is 23. The zero-order chi connectivity index (χ0) is 102. The number of nitrogen functional groups attached to an aromatic ring is 1. The number of rotatable bonds is 22. The molecule has 0 aliphatic heterocycles. The number of aromatic hydroxyl groups is 3. The van der Waals surface area contributed by atoms with E-state index in [1.165, 1.54) is 42.5 Å². The third kappa shape index (κ3) is 29.1. The van der Waals surface area contributed by atoms with E-state index in [0.29, 0.717) is 74.8 Å². The normalized spacial score (nSPS) is 11.8. The summed E-state index contributed by atoms with van der Waals surface area (Å²) in [5.74, 6) is 1.73. The maximum absolute atomic E-state index is 13.3. The van der Waals surface area contributed by atoms with Crippen LogP contribution in [0, 0.1) is 38.0 Å². The molecule has 9 N–H and O–H groups in total. The van der Waals surface area contributed by atoms with Crippen molar-refractivity contribution in [3.8, 4) is 51.7 Å². The number of hydrogen-bond donors (Lipinski definition) is 8. The van der Waals surface area contributed by atoms with Crippen LogP contribution in [0.1, 0.15) is 243 Å². The van der Waals surface area contributed by atoms with Crippen molar-refractivity contribution >= 4 is 83.2 Å². The smallest absolute Gasteiger partial charge is 0.274 e. The second-order valence-corrected chi connectivity index (χ2v) is 39.1. The van der Waals surface area contributed by atoms with E-state index < -0.39 is 41.5 Å². The first-order valence-corrected chi connectivity index (χ1v) is 48.2. The summed E-state index contributed by atoms with van der Waals surface area (Å²) >= 11 is 0. The highest BCUT2D eigenvalue weighted by Gasteiger charge is 2.40. The van der Waals surface area contributed by atoms with Crippen LogP contribution in [0.5, 0.6) is 51.7 Å². The molecule has 140 heavy (non-hydrogen) atoms. The highest BCUT2D eigenvalue weighted by atomic mass is 32.2. The number of ether oxygens (including phenoxy) is 3. The number of nitrogens with zero attached hydrogens (tertiary/aromatic N) is 2. The topological polar surface area (TPSA) is 419 Å². The number of nitrogens with one attached hydrogen (secondary N) is 4. The minimum absolute atomic E-state index is 0. The van der Waals surface area contributed by atoms with Crippen molar-refractivity contribution in [1.82, 2.24) is 9.44 Å². The zero-order valence-electron chi connectivity index (χ0n) is 80.6. The largest absolute Gasteiger partial charge is 0.507 e. The SMILES string of the molecule is C.CC(C)C.CC(C)C.CC(C)C.CC(C)NS(=O)(=O)c1ccc(Cc2ccccc2)c([N+](=O)[O-])c1.CC(C)NS(=O)(=O)c1ccc(Cc2ccccc2)c([N+](=O)[O-])c1.CC(C)Nc1c(Oc2ccccc2)cc(O)c2c1C(=O)c1ccccc1C2=O.CC(C)Nc1c(Oc2ccccc2)cc(O)c2c1C(=O)c1ccccc1C2=O.Nc1c(Oc2ccccc2)cc(O)c2c1C(=O)c1ccccc1C2=O. The molecule has 3 aliphatic rings. The molecule has 0 radical (unpaired) electrons. The van der Waals surface area contributed by atoms with Gasteiger partial charge in [-0.15, -0.1) is 0 Å². The van der Waals surface area contributed by atoms with Crippen molar-refractivity contribution < 1.29 is 85.0 Å². The molecule has 27 nitrogen and oxygen atoms in total. The van der Waals surface area contributed by atoms with Gasteiger partial charge < -0.3 is 45.9 Å². The molecule has 0 unspecified atom stereocenters. The predicted molar refractivity (Wildman–Crippen MR) is 550 cm³/mol. The van der Waals surface area contributed by atoms with E-state index in [1.54, 1.807) is 149 Å². The van der Waals surface area contributed by atoms with Gasteiger partial charge in [-0.25, -0.2) is 26.3 Å². The first-order chi connectivity index (χ1) is 65.8. The van der Waals surface area contributed by atoms with Gasteiger partial charge >= 0.3 is 0 Å². The molecular formula is C111H121N7O20S2.